The number of esters is 1. The van der Waals surface area contributed by atoms with Crippen molar-refractivity contribution in [2.24, 2.45) is 5.92 Å². The minimum atomic E-state index is -0.0625. The summed E-state index contributed by atoms with van der Waals surface area (Å²) in [6, 6.07) is 0. The van der Waals surface area contributed by atoms with Gasteiger partial charge in [0.2, 0.25) is 0 Å². The third kappa shape index (κ3) is 1.22. The fourth-order valence-electron chi connectivity index (χ4n) is 0.531. The molecule has 1 rings (SSSR count). The smallest absolute Gasteiger partial charge is 0.309 e. The molecule has 8 heavy (non-hydrogen) atoms. The predicted molar refractivity (Wildman–Crippen MR) is 28.8 cm³/mol. The Morgan fingerprint density at radius 2 is 2.38 bits per heavy atom. The molecular formula is C6H9O2. The predicted octanol–water partition coefficient (Wildman–Crippen LogP) is 1.12. The van der Waals surface area contributed by atoms with Gasteiger partial charge in [-0.15, -0.1) is 0 Å². The second-order valence-electron chi connectivity index (χ2n) is 1.95. The first kappa shape index (κ1) is 5.60. The molecule has 0 aromatic heterocycles. The van der Waals surface area contributed by atoms with E-state index in [1.54, 1.807) is 6.92 Å². The molecule has 2 nitrogen and oxygen atoms in total. The molecule has 0 bridgehead atoms. The zero-order valence-electron chi connectivity index (χ0n) is 4.89. The summed E-state index contributed by atoms with van der Waals surface area (Å²) in [4.78, 5) is 10.6. The molecule has 0 saturated heterocycles. The molecule has 45 valence electrons. The van der Waals surface area contributed by atoms with Crippen LogP contribution >= 0.6 is 0 Å². The van der Waals surface area contributed by atoms with Crippen molar-refractivity contribution in [1.82, 2.24) is 0 Å². The Labute approximate surface area is 48.8 Å². The highest BCUT2D eigenvalue weighted by molar-refractivity contribution is 5.75. The van der Waals surface area contributed by atoms with E-state index in [-0.39, 0.29) is 11.9 Å². The van der Waals surface area contributed by atoms with Crippen LogP contribution in [0.3, 0.4) is 0 Å². The van der Waals surface area contributed by atoms with Gasteiger partial charge in [-0.05, 0) is 19.8 Å². The van der Waals surface area contributed by atoms with E-state index >= 15 is 0 Å². The summed E-state index contributed by atoms with van der Waals surface area (Å²) in [5.41, 5.74) is 0. The second-order valence-corrected chi connectivity index (χ2v) is 1.95. The van der Waals surface area contributed by atoms with Crippen molar-refractivity contribution < 1.29 is 9.53 Å². The minimum absolute atomic E-state index is 0.0625. The Morgan fingerprint density at radius 1 is 1.75 bits per heavy atom. The molecule has 0 N–H and O–H groups in total. The highest BCUT2D eigenvalue weighted by Gasteiger charge is 2.30. The van der Waals surface area contributed by atoms with Crippen LogP contribution in [-0.2, 0) is 9.53 Å². The van der Waals surface area contributed by atoms with E-state index in [4.69, 9.17) is 0 Å². The summed E-state index contributed by atoms with van der Waals surface area (Å²) in [6.45, 7) is 3.14. The zero-order valence-corrected chi connectivity index (χ0v) is 4.89. The first-order valence-electron chi connectivity index (χ1n) is 2.83. The van der Waals surface area contributed by atoms with Gasteiger partial charge in [0.25, 0.3) is 0 Å². The van der Waals surface area contributed by atoms with Crippen LogP contribution in [-0.4, -0.2) is 5.97 Å². The normalized spacial score (nSPS) is 18.1. The first-order chi connectivity index (χ1) is 3.84. The number of hydrogen-bond acceptors (Lipinski definition) is 2. The lowest BCUT2D eigenvalue weighted by Crippen LogP contribution is -2.02. The number of ether oxygens (including phenoxy) is 1. The fourth-order valence-corrected chi connectivity index (χ4v) is 0.531. The highest BCUT2D eigenvalue weighted by atomic mass is 16.5. The monoisotopic (exact) mass is 113 g/mol. The zero-order chi connectivity index (χ0) is 5.98. The van der Waals surface area contributed by atoms with Crippen molar-refractivity contribution in [2.45, 2.75) is 19.8 Å². The molecule has 1 aliphatic rings. The Balaban J connectivity index is 2.13. The lowest BCUT2D eigenvalue weighted by Gasteiger charge is -1.94. The molecule has 0 heterocycles. The van der Waals surface area contributed by atoms with Crippen molar-refractivity contribution in [3.63, 3.8) is 0 Å². The quantitative estimate of drug-likeness (QED) is 0.501. The summed E-state index contributed by atoms with van der Waals surface area (Å²) < 4.78 is 4.60. The van der Waals surface area contributed by atoms with E-state index in [0.717, 1.165) is 12.8 Å². The lowest BCUT2D eigenvalue weighted by atomic mass is 10.4. The molecular weight excluding hydrogens is 104 g/mol. The van der Waals surface area contributed by atoms with Gasteiger partial charge < -0.3 is 4.74 Å². The molecule has 1 radical (unpaired) electrons. The Hall–Kier alpha value is -0.530. The van der Waals surface area contributed by atoms with Gasteiger partial charge in [0.05, 0.1) is 5.92 Å². The molecule has 2 heteroatoms. The fraction of sp³-hybridized carbons (Fsp3) is 0.667. The topological polar surface area (TPSA) is 26.3 Å². The molecule has 0 aromatic carbocycles. The van der Waals surface area contributed by atoms with Gasteiger partial charge in [-0.2, -0.15) is 0 Å². The van der Waals surface area contributed by atoms with Gasteiger partial charge in [0.15, 0.2) is 0 Å². The molecule has 0 spiro atoms. The van der Waals surface area contributed by atoms with Crippen LogP contribution in [0.2, 0.25) is 0 Å². The van der Waals surface area contributed by atoms with Gasteiger partial charge in [0, 0.05) is 0 Å². The Bertz CT molecular complexity index is 94.7. The number of hydrogen-bond donors (Lipinski definition) is 0. The minimum Gasteiger partial charge on any atom is -0.459 e. The maximum absolute atomic E-state index is 10.6. The maximum atomic E-state index is 10.6. The van der Waals surface area contributed by atoms with Gasteiger partial charge >= 0.3 is 5.97 Å². The lowest BCUT2D eigenvalue weighted by molar-refractivity contribution is -0.141. The van der Waals surface area contributed by atoms with E-state index in [0.29, 0.717) is 0 Å². The second kappa shape index (κ2) is 2.16. The summed E-state index contributed by atoms with van der Waals surface area (Å²) in [5.74, 6) is 0.165. The molecule has 0 amide bonds. The van der Waals surface area contributed by atoms with Crippen molar-refractivity contribution >= 4 is 5.97 Å². The van der Waals surface area contributed by atoms with Crippen molar-refractivity contribution in [2.75, 3.05) is 0 Å². The Morgan fingerprint density at radius 3 is 2.75 bits per heavy atom. The molecule has 1 fully saturated rings. The van der Waals surface area contributed by atoms with Crippen LogP contribution in [0.25, 0.3) is 0 Å². The van der Waals surface area contributed by atoms with Gasteiger partial charge in [0.1, 0.15) is 6.61 Å². The van der Waals surface area contributed by atoms with Crippen molar-refractivity contribution in [3.8, 4) is 0 Å². The molecule has 1 saturated carbocycles. The number of carbonyl (C=O) groups excluding carboxylic acids is 1. The number of carbonyl (C=O) groups is 1. The summed E-state index contributed by atoms with van der Waals surface area (Å²) >= 11 is 0. The highest BCUT2D eigenvalue weighted by Crippen LogP contribution is 2.30. The third-order valence-corrected chi connectivity index (χ3v) is 1.14. The van der Waals surface area contributed by atoms with Gasteiger partial charge in [-0.3, -0.25) is 4.79 Å². The third-order valence-electron chi connectivity index (χ3n) is 1.14. The Kier molecular flexibility index (Phi) is 1.51. The first-order valence-corrected chi connectivity index (χ1v) is 2.83. The van der Waals surface area contributed by atoms with Crippen molar-refractivity contribution in [3.05, 3.63) is 6.61 Å². The molecule has 0 unspecified atom stereocenters. The van der Waals surface area contributed by atoms with Gasteiger partial charge in [-0.1, -0.05) is 0 Å². The van der Waals surface area contributed by atoms with Crippen LogP contribution in [0, 0.1) is 12.5 Å². The molecule has 0 aliphatic heterocycles. The number of rotatable bonds is 2. The van der Waals surface area contributed by atoms with Crippen LogP contribution in [0.1, 0.15) is 19.8 Å². The maximum Gasteiger partial charge on any atom is 0.309 e. The van der Waals surface area contributed by atoms with E-state index in [9.17, 15) is 4.79 Å². The largest absolute Gasteiger partial charge is 0.459 e. The van der Waals surface area contributed by atoms with Crippen LogP contribution < -0.4 is 0 Å². The standard InChI is InChI=1S/C6H9O2/c1-2-8-6(7)5-3-4-5/h2,5H,3-4H2,1H3. The van der Waals surface area contributed by atoms with E-state index in [1.165, 1.54) is 6.61 Å². The average Bonchev–Trinajstić information content (AvgIpc) is 2.45. The van der Waals surface area contributed by atoms with Crippen molar-refractivity contribution in [1.29, 1.82) is 0 Å². The van der Waals surface area contributed by atoms with Crippen LogP contribution in [0.4, 0.5) is 0 Å². The van der Waals surface area contributed by atoms with E-state index in [1.807, 2.05) is 0 Å². The summed E-state index contributed by atoms with van der Waals surface area (Å²) in [5, 5.41) is 0. The molecule has 0 aromatic rings. The average molecular weight is 113 g/mol. The SMILES string of the molecule is C[CH]OC(=O)C1CC1. The van der Waals surface area contributed by atoms with E-state index < -0.39 is 0 Å². The summed E-state index contributed by atoms with van der Waals surface area (Å²) in [7, 11) is 0. The van der Waals surface area contributed by atoms with Crippen LogP contribution in [0.5, 0.6) is 0 Å². The molecule has 1 aliphatic carbocycles. The van der Waals surface area contributed by atoms with Gasteiger partial charge in [-0.25, -0.2) is 0 Å². The molecule has 0 atom stereocenters. The van der Waals surface area contributed by atoms with E-state index in [2.05, 4.69) is 4.74 Å². The van der Waals surface area contributed by atoms with Crippen LogP contribution in [0.15, 0.2) is 0 Å². The summed E-state index contributed by atoms with van der Waals surface area (Å²) in [6.07, 6.45) is 2.04.